The molecular weight excluding hydrogens is 388 g/mol. The number of carbonyl (C=O) groups excluding carboxylic acids is 3. The van der Waals surface area contributed by atoms with Gasteiger partial charge in [0, 0.05) is 18.3 Å². The molecule has 0 aliphatic rings. The molecule has 2 aromatic rings. The van der Waals surface area contributed by atoms with Gasteiger partial charge < -0.3 is 24.8 Å². The Bertz CT molecular complexity index is 866. The minimum absolute atomic E-state index is 0.199. The predicted molar refractivity (Wildman–Crippen MR) is 112 cm³/mol. The van der Waals surface area contributed by atoms with Crippen molar-refractivity contribution in [3.8, 4) is 11.5 Å². The predicted octanol–water partition coefficient (Wildman–Crippen LogP) is 2.78. The molecule has 0 aliphatic heterocycles. The molecule has 160 valence electrons. The van der Waals surface area contributed by atoms with Crippen molar-refractivity contribution in [3.63, 3.8) is 0 Å². The molecule has 8 nitrogen and oxygen atoms in total. The number of amides is 2. The Morgan fingerprint density at radius 3 is 2.43 bits per heavy atom. The molecule has 2 N–H and O–H groups in total. The van der Waals surface area contributed by atoms with Crippen LogP contribution in [0.3, 0.4) is 0 Å². The number of hydrogen-bond donors (Lipinski definition) is 2. The largest absolute Gasteiger partial charge is 0.497 e. The zero-order chi connectivity index (χ0) is 21.9. The molecule has 0 aromatic heterocycles. The maximum absolute atomic E-state index is 12.1. The van der Waals surface area contributed by atoms with Gasteiger partial charge in [0.15, 0.2) is 12.7 Å². The first-order valence-electron chi connectivity index (χ1n) is 9.58. The zero-order valence-electron chi connectivity index (χ0n) is 17.3. The highest BCUT2D eigenvalue weighted by molar-refractivity contribution is 5.93. The second kappa shape index (κ2) is 11.5. The zero-order valence-corrected chi connectivity index (χ0v) is 17.3. The normalized spacial score (nSPS) is 11.2. The molecule has 0 saturated heterocycles. The second-order valence-electron chi connectivity index (χ2n) is 6.43. The van der Waals surface area contributed by atoms with E-state index in [2.05, 4.69) is 10.6 Å². The lowest BCUT2D eigenvalue weighted by atomic mass is 10.2. The van der Waals surface area contributed by atoms with Gasteiger partial charge in [-0.25, -0.2) is 4.79 Å². The summed E-state index contributed by atoms with van der Waals surface area (Å²) in [4.78, 5) is 36.0. The van der Waals surface area contributed by atoms with Gasteiger partial charge >= 0.3 is 5.97 Å². The van der Waals surface area contributed by atoms with Gasteiger partial charge in [0.25, 0.3) is 11.8 Å². The summed E-state index contributed by atoms with van der Waals surface area (Å²) < 4.78 is 15.7. The van der Waals surface area contributed by atoms with Crippen LogP contribution in [0.15, 0.2) is 48.5 Å². The van der Waals surface area contributed by atoms with E-state index in [1.165, 1.54) is 19.1 Å². The van der Waals surface area contributed by atoms with Gasteiger partial charge in [0.1, 0.15) is 11.5 Å². The number of rotatable bonds is 10. The van der Waals surface area contributed by atoms with Crippen LogP contribution in [0.5, 0.6) is 11.5 Å². The molecule has 0 saturated carbocycles. The van der Waals surface area contributed by atoms with Crippen molar-refractivity contribution in [2.75, 3.05) is 25.6 Å². The summed E-state index contributed by atoms with van der Waals surface area (Å²) in [6.45, 7) is 3.78. The molecular formula is C22H26N2O6. The highest BCUT2D eigenvalue weighted by Crippen LogP contribution is 2.17. The molecule has 0 radical (unpaired) electrons. The van der Waals surface area contributed by atoms with Gasteiger partial charge in [-0.05, 0) is 49.7 Å². The van der Waals surface area contributed by atoms with Crippen LogP contribution in [0, 0.1) is 0 Å². The number of hydrogen-bond acceptors (Lipinski definition) is 6. The van der Waals surface area contributed by atoms with Crippen LogP contribution >= 0.6 is 0 Å². The fraction of sp³-hybridized carbons (Fsp3) is 0.318. The first kappa shape index (κ1) is 22.7. The van der Waals surface area contributed by atoms with Crippen molar-refractivity contribution in [2.45, 2.75) is 26.4 Å². The SMILES string of the molecule is CCCNC(=O)C(C)OC(=O)c1ccc(OCC(=O)Nc2cccc(OC)c2)cc1. The maximum atomic E-state index is 12.1. The van der Waals surface area contributed by atoms with E-state index in [9.17, 15) is 14.4 Å². The third-order valence-corrected chi connectivity index (χ3v) is 4.02. The van der Waals surface area contributed by atoms with Gasteiger partial charge in [0.2, 0.25) is 0 Å². The number of benzene rings is 2. The fourth-order valence-electron chi connectivity index (χ4n) is 2.41. The third kappa shape index (κ3) is 7.12. The van der Waals surface area contributed by atoms with Crippen molar-refractivity contribution in [1.29, 1.82) is 0 Å². The molecule has 2 aromatic carbocycles. The van der Waals surface area contributed by atoms with Crippen LogP contribution in [-0.2, 0) is 14.3 Å². The average Bonchev–Trinajstić information content (AvgIpc) is 2.76. The lowest BCUT2D eigenvalue weighted by Crippen LogP contribution is -2.36. The molecule has 30 heavy (non-hydrogen) atoms. The summed E-state index contributed by atoms with van der Waals surface area (Å²) in [5, 5.41) is 5.38. The van der Waals surface area contributed by atoms with Gasteiger partial charge in [-0.2, -0.15) is 0 Å². The summed E-state index contributed by atoms with van der Waals surface area (Å²) in [5.74, 6) is -0.239. The Labute approximate surface area is 175 Å². The van der Waals surface area contributed by atoms with E-state index >= 15 is 0 Å². The van der Waals surface area contributed by atoms with E-state index in [4.69, 9.17) is 14.2 Å². The molecule has 0 spiro atoms. The van der Waals surface area contributed by atoms with Gasteiger partial charge in [-0.3, -0.25) is 9.59 Å². The van der Waals surface area contributed by atoms with Crippen molar-refractivity contribution >= 4 is 23.5 Å². The molecule has 8 heteroatoms. The number of esters is 1. The lowest BCUT2D eigenvalue weighted by molar-refractivity contribution is -0.129. The number of nitrogens with one attached hydrogen (secondary N) is 2. The fourth-order valence-corrected chi connectivity index (χ4v) is 2.41. The molecule has 2 rings (SSSR count). The van der Waals surface area contributed by atoms with E-state index in [1.807, 2.05) is 6.92 Å². The number of carbonyl (C=O) groups is 3. The molecule has 1 atom stereocenters. The monoisotopic (exact) mass is 414 g/mol. The molecule has 0 bridgehead atoms. The summed E-state index contributed by atoms with van der Waals surface area (Å²) in [6.07, 6.45) is -0.0916. The van der Waals surface area contributed by atoms with Crippen LogP contribution in [0.1, 0.15) is 30.6 Å². The minimum atomic E-state index is -0.889. The van der Waals surface area contributed by atoms with Crippen LogP contribution < -0.4 is 20.1 Å². The topological polar surface area (TPSA) is 103 Å². The Kier molecular flexibility index (Phi) is 8.68. The van der Waals surface area contributed by atoms with Gasteiger partial charge in [-0.15, -0.1) is 0 Å². The summed E-state index contributed by atoms with van der Waals surface area (Å²) in [5.41, 5.74) is 0.872. The van der Waals surface area contributed by atoms with Crippen molar-refractivity contribution in [1.82, 2.24) is 5.32 Å². The number of methoxy groups -OCH3 is 1. The smallest absolute Gasteiger partial charge is 0.338 e. The maximum Gasteiger partial charge on any atom is 0.338 e. The van der Waals surface area contributed by atoms with Gasteiger partial charge in [0.05, 0.1) is 12.7 Å². The van der Waals surface area contributed by atoms with Crippen LogP contribution in [0.4, 0.5) is 5.69 Å². The Morgan fingerprint density at radius 1 is 1.03 bits per heavy atom. The third-order valence-electron chi connectivity index (χ3n) is 4.02. The van der Waals surface area contributed by atoms with E-state index in [0.717, 1.165) is 6.42 Å². The molecule has 0 aliphatic carbocycles. The van der Waals surface area contributed by atoms with Crippen LogP contribution in [0.25, 0.3) is 0 Å². The Morgan fingerprint density at radius 2 is 1.77 bits per heavy atom. The summed E-state index contributed by atoms with van der Waals surface area (Å²) in [6, 6.07) is 13.1. The van der Waals surface area contributed by atoms with E-state index < -0.39 is 12.1 Å². The summed E-state index contributed by atoms with van der Waals surface area (Å²) in [7, 11) is 1.55. The van der Waals surface area contributed by atoms with Crippen LogP contribution in [0.2, 0.25) is 0 Å². The highest BCUT2D eigenvalue weighted by Gasteiger charge is 2.18. The molecule has 0 heterocycles. The molecule has 1 unspecified atom stereocenters. The lowest BCUT2D eigenvalue weighted by Gasteiger charge is -2.13. The van der Waals surface area contributed by atoms with Crippen molar-refractivity contribution < 1.29 is 28.6 Å². The first-order valence-corrected chi connectivity index (χ1v) is 9.58. The Hall–Kier alpha value is -3.55. The minimum Gasteiger partial charge on any atom is -0.497 e. The highest BCUT2D eigenvalue weighted by atomic mass is 16.5. The Balaban J connectivity index is 1.82. The van der Waals surface area contributed by atoms with E-state index in [-0.39, 0.29) is 24.0 Å². The number of anilines is 1. The molecule has 2 amide bonds. The first-order chi connectivity index (χ1) is 14.4. The van der Waals surface area contributed by atoms with Crippen molar-refractivity contribution in [2.24, 2.45) is 0 Å². The standard InChI is InChI=1S/C22H26N2O6/c1-4-12-23-21(26)15(2)30-22(27)16-8-10-18(11-9-16)29-14-20(25)24-17-6-5-7-19(13-17)28-3/h5-11,13,15H,4,12,14H2,1-3H3,(H,23,26)(H,24,25). The van der Waals surface area contributed by atoms with E-state index in [1.54, 1.807) is 43.5 Å². The van der Waals surface area contributed by atoms with E-state index in [0.29, 0.717) is 23.7 Å². The van der Waals surface area contributed by atoms with Crippen LogP contribution in [-0.4, -0.2) is 44.1 Å². The summed E-state index contributed by atoms with van der Waals surface area (Å²) >= 11 is 0. The van der Waals surface area contributed by atoms with Crippen molar-refractivity contribution in [3.05, 3.63) is 54.1 Å². The quantitative estimate of drug-likeness (QED) is 0.580. The van der Waals surface area contributed by atoms with Gasteiger partial charge in [-0.1, -0.05) is 13.0 Å². The average molecular weight is 414 g/mol. The second-order valence-corrected chi connectivity index (χ2v) is 6.43. The number of ether oxygens (including phenoxy) is 3. The molecule has 0 fully saturated rings.